The van der Waals surface area contributed by atoms with Gasteiger partial charge in [-0.25, -0.2) is 0 Å². The lowest BCUT2D eigenvalue weighted by Crippen LogP contribution is -2.60. The van der Waals surface area contributed by atoms with Crippen LogP contribution in [0.25, 0.3) is 0 Å². The van der Waals surface area contributed by atoms with Gasteiger partial charge in [0.15, 0.2) is 0 Å². The zero-order valence-electron chi connectivity index (χ0n) is 12.6. The molecule has 8 nitrogen and oxygen atoms in total. The summed E-state index contributed by atoms with van der Waals surface area (Å²) in [4.78, 5) is 25.5. The predicted octanol–water partition coefficient (Wildman–Crippen LogP) is -1.64. The van der Waals surface area contributed by atoms with E-state index in [1.807, 2.05) is 0 Å². The largest absolute Gasteiger partial charge is 0.480 e. The highest BCUT2D eigenvalue weighted by molar-refractivity contribution is 6.40. The van der Waals surface area contributed by atoms with Crippen LogP contribution in [0.5, 0.6) is 0 Å². The first kappa shape index (κ1) is 17.2. The molecule has 0 aromatic heterocycles. The highest BCUT2D eigenvalue weighted by Gasteiger charge is 2.53. The number of hydrogen-bond acceptors (Lipinski definition) is 6. The van der Waals surface area contributed by atoms with Crippen molar-refractivity contribution in [2.75, 3.05) is 13.1 Å². The zero-order chi connectivity index (χ0) is 16.5. The van der Waals surface area contributed by atoms with E-state index < -0.39 is 30.1 Å². The number of likely N-dealkylation sites (tertiary alicyclic amines) is 1. The molecule has 0 unspecified atom stereocenters. The number of carbonyl (C=O) groups excluding carboxylic acids is 1. The van der Waals surface area contributed by atoms with Crippen LogP contribution >= 0.6 is 0 Å². The summed E-state index contributed by atoms with van der Waals surface area (Å²) in [5.74, 6) is -1.78. The SMILES string of the molecule is NC1(C(=O)N2C[C@H](CCCB(O)O)[C@](N)(C(=O)O)C2)CCC1. The molecule has 0 aromatic carbocycles. The molecular formula is C13H24BN3O5. The fraction of sp³-hybridized carbons (Fsp3) is 0.846. The Kier molecular flexibility index (Phi) is 4.81. The molecule has 0 spiro atoms. The molecule has 124 valence electrons. The van der Waals surface area contributed by atoms with Gasteiger partial charge in [0.1, 0.15) is 5.54 Å². The number of nitrogens with zero attached hydrogens (tertiary/aromatic N) is 1. The van der Waals surface area contributed by atoms with E-state index in [-0.39, 0.29) is 25.3 Å². The zero-order valence-corrected chi connectivity index (χ0v) is 12.6. The molecule has 2 aliphatic rings. The average molecular weight is 313 g/mol. The van der Waals surface area contributed by atoms with E-state index in [0.717, 1.165) is 6.42 Å². The highest BCUT2D eigenvalue weighted by Crippen LogP contribution is 2.36. The molecule has 1 amide bonds. The summed E-state index contributed by atoms with van der Waals surface area (Å²) in [6.07, 6.45) is 3.15. The second-order valence-electron chi connectivity index (χ2n) is 6.65. The molecule has 2 atom stereocenters. The molecule has 1 heterocycles. The van der Waals surface area contributed by atoms with Gasteiger partial charge in [-0.3, -0.25) is 9.59 Å². The normalized spacial score (nSPS) is 30.0. The van der Waals surface area contributed by atoms with Crippen LogP contribution in [0, 0.1) is 5.92 Å². The summed E-state index contributed by atoms with van der Waals surface area (Å²) in [6, 6.07) is 0. The second-order valence-corrected chi connectivity index (χ2v) is 6.65. The maximum Gasteiger partial charge on any atom is 0.451 e. The van der Waals surface area contributed by atoms with Crippen molar-refractivity contribution in [1.82, 2.24) is 4.90 Å². The Labute approximate surface area is 129 Å². The molecule has 2 rings (SSSR count). The van der Waals surface area contributed by atoms with Crippen molar-refractivity contribution in [3.63, 3.8) is 0 Å². The van der Waals surface area contributed by atoms with Gasteiger partial charge in [0.25, 0.3) is 0 Å². The summed E-state index contributed by atoms with van der Waals surface area (Å²) < 4.78 is 0. The molecular weight excluding hydrogens is 289 g/mol. The Bertz CT molecular complexity index is 457. The Balaban J connectivity index is 2.04. The number of carboxylic acid groups (broad SMARTS) is 1. The van der Waals surface area contributed by atoms with Crippen LogP contribution in [0.2, 0.25) is 6.32 Å². The first-order valence-electron chi connectivity index (χ1n) is 7.66. The van der Waals surface area contributed by atoms with Crippen LogP contribution in [0.15, 0.2) is 0 Å². The van der Waals surface area contributed by atoms with E-state index in [1.54, 1.807) is 0 Å². The fourth-order valence-corrected chi connectivity index (χ4v) is 3.32. The van der Waals surface area contributed by atoms with Crippen molar-refractivity contribution < 1.29 is 24.7 Å². The summed E-state index contributed by atoms with van der Waals surface area (Å²) in [7, 11) is -1.42. The van der Waals surface area contributed by atoms with E-state index in [0.29, 0.717) is 25.7 Å². The lowest BCUT2D eigenvalue weighted by molar-refractivity contribution is -0.145. The number of amides is 1. The summed E-state index contributed by atoms with van der Waals surface area (Å²) in [6.45, 7) is 0.203. The quantitative estimate of drug-likeness (QED) is 0.369. The third-order valence-electron chi connectivity index (χ3n) is 4.99. The minimum atomic E-state index is -1.50. The number of aliphatic carboxylic acids is 1. The van der Waals surface area contributed by atoms with E-state index in [1.165, 1.54) is 4.90 Å². The van der Waals surface area contributed by atoms with Crippen LogP contribution in [-0.4, -0.2) is 63.2 Å². The number of rotatable bonds is 6. The van der Waals surface area contributed by atoms with Crippen LogP contribution in [-0.2, 0) is 9.59 Å². The van der Waals surface area contributed by atoms with Gasteiger partial charge in [-0.15, -0.1) is 0 Å². The highest BCUT2D eigenvalue weighted by atomic mass is 16.4. The molecule has 1 aliphatic carbocycles. The molecule has 0 radical (unpaired) electrons. The van der Waals surface area contributed by atoms with Crippen LogP contribution in [0.1, 0.15) is 32.1 Å². The molecule has 1 saturated carbocycles. The first-order valence-corrected chi connectivity index (χ1v) is 7.66. The number of carboxylic acids is 1. The molecule has 7 N–H and O–H groups in total. The molecule has 0 bridgehead atoms. The Morgan fingerprint density at radius 2 is 1.91 bits per heavy atom. The lowest BCUT2D eigenvalue weighted by Gasteiger charge is -2.39. The van der Waals surface area contributed by atoms with Crippen LogP contribution in [0.4, 0.5) is 0 Å². The number of nitrogens with two attached hydrogens (primary N) is 2. The van der Waals surface area contributed by atoms with E-state index in [9.17, 15) is 14.7 Å². The number of carbonyl (C=O) groups is 2. The minimum absolute atomic E-state index is 0.0491. The average Bonchev–Trinajstić information content (AvgIpc) is 2.74. The third kappa shape index (κ3) is 3.12. The van der Waals surface area contributed by atoms with E-state index in [2.05, 4.69) is 0 Å². The van der Waals surface area contributed by atoms with Crippen LogP contribution < -0.4 is 11.5 Å². The summed E-state index contributed by atoms with van der Waals surface area (Å²) in [5, 5.41) is 27.2. The van der Waals surface area contributed by atoms with Crippen molar-refractivity contribution in [2.45, 2.75) is 49.5 Å². The standard InChI is InChI=1S/C13H24BN3O5/c15-12(4-2-5-12)10(18)17-7-9(3-1-6-14(21)22)13(16,8-17)11(19)20/h9,21-22H,1-8,15-16H2,(H,19,20)/t9-,13-/m0/s1. The van der Waals surface area contributed by atoms with Crippen LogP contribution in [0.3, 0.4) is 0 Å². The Morgan fingerprint density at radius 3 is 2.36 bits per heavy atom. The van der Waals surface area contributed by atoms with Crippen molar-refractivity contribution in [1.29, 1.82) is 0 Å². The van der Waals surface area contributed by atoms with Gasteiger partial charge >= 0.3 is 13.1 Å². The first-order chi connectivity index (χ1) is 10.2. The van der Waals surface area contributed by atoms with Gasteiger partial charge in [0.2, 0.25) is 5.91 Å². The summed E-state index contributed by atoms with van der Waals surface area (Å²) in [5.41, 5.74) is 9.70. The van der Waals surface area contributed by atoms with Crippen molar-refractivity contribution >= 4 is 19.0 Å². The van der Waals surface area contributed by atoms with Gasteiger partial charge in [-0.1, -0.05) is 6.42 Å². The van der Waals surface area contributed by atoms with Crippen molar-refractivity contribution in [3.05, 3.63) is 0 Å². The monoisotopic (exact) mass is 313 g/mol. The predicted molar refractivity (Wildman–Crippen MR) is 79.6 cm³/mol. The van der Waals surface area contributed by atoms with E-state index in [4.69, 9.17) is 21.5 Å². The smallest absolute Gasteiger partial charge is 0.451 e. The molecule has 22 heavy (non-hydrogen) atoms. The molecule has 9 heteroatoms. The minimum Gasteiger partial charge on any atom is -0.480 e. The molecule has 1 saturated heterocycles. The van der Waals surface area contributed by atoms with Gasteiger partial charge in [0, 0.05) is 19.0 Å². The third-order valence-corrected chi connectivity index (χ3v) is 4.99. The maximum absolute atomic E-state index is 12.5. The maximum atomic E-state index is 12.5. The molecule has 2 fully saturated rings. The van der Waals surface area contributed by atoms with E-state index >= 15 is 0 Å². The van der Waals surface area contributed by atoms with Crippen molar-refractivity contribution in [2.24, 2.45) is 17.4 Å². The van der Waals surface area contributed by atoms with Gasteiger partial charge < -0.3 is 31.5 Å². The molecule has 0 aromatic rings. The van der Waals surface area contributed by atoms with Gasteiger partial charge in [-0.05, 0) is 32.0 Å². The van der Waals surface area contributed by atoms with Gasteiger partial charge in [-0.2, -0.15) is 0 Å². The lowest BCUT2D eigenvalue weighted by atomic mass is 9.76. The Morgan fingerprint density at radius 1 is 1.27 bits per heavy atom. The molecule has 1 aliphatic heterocycles. The second kappa shape index (κ2) is 6.15. The fourth-order valence-electron chi connectivity index (χ4n) is 3.32. The Hall–Kier alpha value is -1.16. The van der Waals surface area contributed by atoms with Crippen molar-refractivity contribution in [3.8, 4) is 0 Å². The topological polar surface area (TPSA) is 150 Å². The summed E-state index contributed by atoms with van der Waals surface area (Å²) >= 11 is 0. The number of hydrogen-bond donors (Lipinski definition) is 5. The van der Waals surface area contributed by atoms with Gasteiger partial charge in [0.05, 0.1) is 5.54 Å².